The van der Waals surface area contributed by atoms with Crippen molar-refractivity contribution in [3.63, 3.8) is 0 Å². The molecule has 2 heterocycles. The van der Waals surface area contributed by atoms with Crippen LogP contribution >= 0.6 is 0 Å². The highest BCUT2D eigenvalue weighted by molar-refractivity contribution is 5.83. The van der Waals surface area contributed by atoms with E-state index in [9.17, 15) is 4.79 Å². The number of carbonyl (C=O) groups is 1. The third-order valence-corrected chi connectivity index (χ3v) is 4.73. The van der Waals surface area contributed by atoms with Crippen LogP contribution in [-0.4, -0.2) is 24.0 Å². The maximum Gasteiger partial charge on any atom is 0.224 e. The van der Waals surface area contributed by atoms with E-state index in [1.807, 2.05) is 19.9 Å². The quantitative estimate of drug-likeness (QED) is 0.878. The number of hydrogen-bond acceptors (Lipinski definition) is 3. The van der Waals surface area contributed by atoms with E-state index in [1.165, 1.54) is 0 Å². The van der Waals surface area contributed by atoms with Crippen LogP contribution < -0.4 is 10.6 Å². The zero-order valence-electron chi connectivity index (χ0n) is 12.7. The minimum atomic E-state index is -0.369. The molecule has 1 saturated carbocycles. The summed E-state index contributed by atoms with van der Waals surface area (Å²) in [5, 5.41) is 6.54. The van der Waals surface area contributed by atoms with Crippen LogP contribution in [0.15, 0.2) is 12.1 Å². The Kier molecular flexibility index (Phi) is 3.09. The van der Waals surface area contributed by atoms with Crippen LogP contribution in [0.5, 0.6) is 0 Å². The molecule has 1 aromatic heterocycles. The van der Waals surface area contributed by atoms with Crippen LogP contribution in [0.2, 0.25) is 0 Å². The lowest BCUT2D eigenvalue weighted by molar-refractivity contribution is -0.124. The van der Waals surface area contributed by atoms with Crippen LogP contribution in [-0.2, 0) is 10.3 Å². The third-order valence-electron chi connectivity index (χ3n) is 4.73. The van der Waals surface area contributed by atoms with Crippen LogP contribution in [0, 0.1) is 31.6 Å². The molecule has 3 atom stereocenters. The summed E-state index contributed by atoms with van der Waals surface area (Å²) in [6.45, 7) is 10.1. The largest absolute Gasteiger partial charge is 0.347 e. The Morgan fingerprint density at radius 3 is 2.55 bits per heavy atom. The summed E-state index contributed by atoms with van der Waals surface area (Å²) in [4.78, 5) is 16.9. The highest BCUT2D eigenvalue weighted by Crippen LogP contribution is 2.49. The molecule has 20 heavy (non-hydrogen) atoms. The van der Waals surface area contributed by atoms with Crippen LogP contribution in [0.25, 0.3) is 0 Å². The van der Waals surface area contributed by atoms with Gasteiger partial charge in [0.2, 0.25) is 5.91 Å². The average molecular weight is 273 g/mol. The summed E-state index contributed by atoms with van der Waals surface area (Å²) in [6, 6.07) is 4.08. The Balaban J connectivity index is 1.73. The number of rotatable bonds is 3. The number of carbonyl (C=O) groups excluding carboxylic acids is 1. The smallest absolute Gasteiger partial charge is 0.224 e. The van der Waals surface area contributed by atoms with Gasteiger partial charge in [-0.25, -0.2) is 0 Å². The van der Waals surface area contributed by atoms with Gasteiger partial charge in [-0.05, 0) is 64.3 Å². The molecule has 2 N–H and O–H groups in total. The molecule has 2 fully saturated rings. The highest BCUT2D eigenvalue weighted by atomic mass is 16.2. The monoisotopic (exact) mass is 273 g/mol. The van der Waals surface area contributed by atoms with Crippen molar-refractivity contribution in [1.82, 2.24) is 15.6 Å². The van der Waals surface area contributed by atoms with Crippen LogP contribution in [0.3, 0.4) is 0 Å². The molecule has 1 saturated heterocycles. The first-order chi connectivity index (χ1) is 9.40. The van der Waals surface area contributed by atoms with Gasteiger partial charge in [0.05, 0.1) is 5.54 Å². The van der Waals surface area contributed by atoms with Gasteiger partial charge in [0.15, 0.2) is 0 Å². The molecule has 2 aliphatic rings. The topological polar surface area (TPSA) is 54.0 Å². The van der Waals surface area contributed by atoms with Crippen molar-refractivity contribution < 1.29 is 4.79 Å². The number of fused-ring (bicyclic) bond motifs is 1. The molecule has 0 aromatic carbocycles. The van der Waals surface area contributed by atoms with Crippen molar-refractivity contribution in [2.75, 3.05) is 13.1 Å². The minimum absolute atomic E-state index is 0.200. The number of aryl methyl sites for hydroxylation is 2. The van der Waals surface area contributed by atoms with Crippen LogP contribution in [0.4, 0.5) is 0 Å². The summed E-state index contributed by atoms with van der Waals surface area (Å²) in [5.74, 6) is 1.53. The molecule has 1 aliphatic heterocycles. The fraction of sp³-hybridized carbons (Fsp3) is 0.625. The second-order valence-electron chi connectivity index (χ2n) is 6.71. The van der Waals surface area contributed by atoms with Gasteiger partial charge in [-0.1, -0.05) is 6.07 Å². The molecule has 4 heteroatoms. The molecule has 0 spiro atoms. The van der Waals surface area contributed by atoms with Crippen molar-refractivity contribution in [1.29, 1.82) is 0 Å². The van der Waals surface area contributed by atoms with Crippen molar-refractivity contribution in [3.8, 4) is 0 Å². The fourth-order valence-corrected chi connectivity index (χ4v) is 3.61. The minimum Gasteiger partial charge on any atom is -0.347 e. The summed E-state index contributed by atoms with van der Waals surface area (Å²) in [6.07, 6.45) is 0. The van der Waals surface area contributed by atoms with Gasteiger partial charge in [-0.15, -0.1) is 0 Å². The predicted octanol–water partition coefficient (Wildman–Crippen LogP) is 1.52. The molecule has 1 aromatic rings. The number of piperidine rings is 1. The predicted molar refractivity (Wildman–Crippen MR) is 78.2 cm³/mol. The van der Waals surface area contributed by atoms with E-state index in [0.717, 1.165) is 30.0 Å². The Morgan fingerprint density at radius 2 is 1.95 bits per heavy atom. The summed E-state index contributed by atoms with van der Waals surface area (Å²) < 4.78 is 0. The number of hydrogen-bond donors (Lipinski definition) is 2. The van der Waals surface area contributed by atoms with E-state index in [-0.39, 0.29) is 17.4 Å². The number of nitrogens with zero attached hydrogens (tertiary/aromatic N) is 1. The van der Waals surface area contributed by atoms with E-state index in [0.29, 0.717) is 11.8 Å². The summed E-state index contributed by atoms with van der Waals surface area (Å²) in [5.41, 5.74) is 2.73. The van der Waals surface area contributed by atoms with Gasteiger partial charge in [0, 0.05) is 17.3 Å². The van der Waals surface area contributed by atoms with Gasteiger partial charge in [-0.3, -0.25) is 9.78 Å². The van der Waals surface area contributed by atoms with Crippen LogP contribution in [0.1, 0.15) is 30.8 Å². The SMILES string of the molecule is Cc1ccc(C(C)(C)NC(=O)C2C3CNC[C@@H]32)c(C)n1. The van der Waals surface area contributed by atoms with Gasteiger partial charge in [0.25, 0.3) is 0 Å². The van der Waals surface area contributed by atoms with Crippen molar-refractivity contribution in [3.05, 3.63) is 29.1 Å². The average Bonchev–Trinajstić information content (AvgIpc) is 2.83. The van der Waals surface area contributed by atoms with Gasteiger partial charge >= 0.3 is 0 Å². The van der Waals surface area contributed by atoms with E-state index in [1.54, 1.807) is 0 Å². The molecule has 2 unspecified atom stereocenters. The Labute approximate surface area is 120 Å². The number of pyridine rings is 1. The lowest BCUT2D eigenvalue weighted by Crippen LogP contribution is -2.43. The Morgan fingerprint density at radius 1 is 1.30 bits per heavy atom. The van der Waals surface area contributed by atoms with Crippen molar-refractivity contribution in [2.45, 2.75) is 33.2 Å². The Hall–Kier alpha value is -1.42. The first-order valence-electron chi connectivity index (χ1n) is 7.37. The standard InChI is InChI=1S/C16H23N3O/c1-9-5-6-13(10(2)18-9)16(3,4)19-15(20)14-11-7-17-8-12(11)14/h5-6,11-12,14,17H,7-8H2,1-4H3,(H,19,20)/t11-,12?,14?/m0/s1. The molecule has 4 nitrogen and oxygen atoms in total. The highest BCUT2D eigenvalue weighted by Gasteiger charge is 2.57. The molecule has 108 valence electrons. The van der Waals surface area contributed by atoms with Crippen molar-refractivity contribution >= 4 is 5.91 Å². The molecule has 3 rings (SSSR count). The maximum atomic E-state index is 12.4. The second kappa shape index (κ2) is 4.55. The number of aromatic nitrogens is 1. The lowest BCUT2D eigenvalue weighted by Gasteiger charge is -2.28. The molecular weight excluding hydrogens is 250 g/mol. The van der Waals surface area contributed by atoms with Gasteiger partial charge < -0.3 is 10.6 Å². The Bertz CT molecular complexity index is 543. The van der Waals surface area contributed by atoms with E-state index in [2.05, 4.69) is 35.5 Å². The molecular formula is C16H23N3O. The second-order valence-corrected chi connectivity index (χ2v) is 6.71. The normalized spacial score (nSPS) is 28.1. The molecule has 0 radical (unpaired) electrons. The lowest BCUT2D eigenvalue weighted by atomic mass is 9.92. The first kappa shape index (κ1) is 13.6. The maximum absolute atomic E-state index is 12.4. The first-order valence-corrected chi connectivity index (χ1v) is 7.37. The fourth-order valence-electron chi connectivity index (χ4n) is 3.61. The van der Waals surface area contributed by atoms with Gasteiger partial charge in [0.1, 0.15) is 0 Å². The van der Waals surface area contributed by atoms with Gasteiger partial charge in [-0.2, -0.15) is 0 Å². The zero-order valence-corrected chi connectivity index (χ0v) is 12.7. The number of amides is 1. The molecule has 1 aliphatic carbocycles. The van der Waals surface area contributed by atoms with Crippen molar-refractivity contribution in [2.24, 2.45) is 17.8 Å². The number of nitrogens with one attached hydrogen (secondary N) is 2. The molecule has 0 bridgehead atoms. The molecule has 1 amide bonds. The van der Waals surface area contributed by atoms with E-state index < -0.39 is 0 Å². The third kappa shape index (κ3) is 2.22. The van der Waals surface area contributed by atoms with E-state index >= 15 is 0 Å². The summed E-state index contributed by atoms with van der Waals surface area (Å²) in [7, 11) is 0. The summed E-state index contributed by atoms with van der Waals surface area (Å²) >= 11 is 0. The van der Waals surface area contributed by atoms with E-state index in [4.69, 9.17) is 0 Å². The zero-order chi connectivity index (χ0) is 14.5.